The van der Waals surface area contributed by atoms with E-state index in [2.05, 4.69) is 15.6 Å². The van der Waals surface area contributed by atoms with Gasteiger partial charge in [-0.3, -0.25) is 14.9 Å². The lowest BCUT2D eigenvalue weighted by Crippen LogP contribution is -2.15. The largest absolute Gasteiger partial charge is 0.486 e. The molecule has 2 aliphatic rings. The van der Waals surface area contributed by atoms with Crippen LogP contribution in [0.1, 0.15) is 23.2 Å². The molecule has 2 heterocycles. The van der Waals surface area contributed by atoms with E-state index in [9.17, 15) is 9.59 Å². The molecule has 2 N–H and O–H groups in total. The molecule has 1 aromatic heterocycles. The van der Waals surface area contributed by atoms with Gasteiger partial charge in [0.1, 0.15) is 13.2 Å². The van der Waals surface area contributed by atoms with Gasteiger partial charge < -0.3 is 14.8 Å². The van der Waals surface area contributed by atoms with Gasteiger partial charge in [-0.25, -0.2) is 4.98 Å². The first-order valence-electron chi connectivity index (χ1n) is 9.08. The topological polar surface area (TPSA) is 89.6 Å². The molecule has 0 radical (unpaired) electrons. The molecule has 1 aliphatic heterocycles. The van der Waals surface area contributed by atoms with Crippen LogP contribution in [0.4, 0.5) is 10.8 Å². The smallest absolute Gasteiger partial charge is 0.257 e. The number of rotatable bonds is 4. The number of hydrogen-bond donors (Lipinski definition) is 2. The van der Waals surface area contributed by atoms with E-state index in [0.717, 1.165) is 23.1 Å². The van der Waals surface area contributed by atoms with Crippen LogP contribution < -0.4 is 20.1 Å². The Morgan fingerprint density at radius 1 is 1.00 bits per heavy atom. The lowest BCUT2D eigenvalue weighted by molar-refractivity contribution is -0.117. The summed E-state index contributed by atoms with van der Waals surface area (Å²) in [6.07, 6.45) is 1.91. The van der Waals surface area contributed by atoms with Gasteiger partial charge in [-0.2, -0.15) is 0 Å². The molecule has 2 aromatic carbocycles. The van der Waals surface area contributed by atoms with Crippen molar-refractivity contribution < 1.29 is 19.1 Å². The van der Waals surface area contributed by atoms with Crippen molar-refractivity contribution in [2.75, 3.05) is 23.8 Å². The van der Waals surface area contributed by atoms with Crippen molar-refractivity contribution in [1.82, 2.24) is 4.98 Å². The number of anilines is 2. The lowest BCUT2D eigenvalue weighted by Gasteiger charge is -2.17. The highest BCUT2D eigenvalue weighted by atomic mass is 32.1. The molecular weight excluding hydrogens is 378 g/mol. The molecule has 1 aliphatic carbocycles. The summed E-state index contributed by atoms with van der Waals surface area (Å²) in [5.41, 5.74) is 1.94. The van der Waals surface area contributed by atoms with Gasteiger partial charge in [0.05, 0.1) is 10.2 Å². The first-order chi connectivity index (χ1) is 13.7. The van der Waals surface area contributed by atoms with Crippen molar-refractivity contribution in [3.8, 4) is 11.5 Å². The summed E-state index contributed by atoms with van der Waals surface area (Å²) < 4.78 is 12.1. The molecule has 8 heteroatoms. The fraction of sp³-hybridized carbons (Fsp3) is 0.250. The van der Waals surface area contributed by atoms with E-state index in [1.165, 1.54) is 11.3 Å². The summed E-state index contributed by atoms with van der Waals surface area (Å²) in [4.78, 5) is 28.8. The van der Waals surface area contributed by atoms with E-state index in [0.29, 0.717) is 41.1 Å². The minimum absolute atomic E-state index is 0.0438. The molecule has 5 rings (SSSR count). The number of fused-ring (bicyclic) bond motifs is 2. The molecule has 0 spiro atoms. The Morgan fingerprint density at radius 2 is 1.71 bits per heavy atom. The van der Waals surface area contributed by atoms with Gasteiger partial charge in [0.25, 0.3) is 5.91 Å². The van der Waals surface area contributed by atoms with Crippen molar-refractivity contribution in [2.45, 2.75) is 12.8 Å². The molecule has 28 heavy (non-hydrogen) atoms. The second-order valence-electron chi connectivity index (χ2n) is 6.78. The van der Waals surface area contributed by atoms with E-state index in [-0.39, 0.29) is 17.7 Å². The standard InChI is InChI=1S/C20H17N3O4S/c24-18(11-1-2-11)21-13-5-3-12(4-6-13)19(25)23-20-22-14-9-15-16(10-17(14)28-20)27-8-7-26-15/h3-6,9-11H,1-2,7-8H2,(H,21,24)(H,22,23,25). The number of thiazole rings is 1. The fourth-order valence-corrected chi connectivity index (χ4v) is 3.85. The van der Waals surface area contributed by atoms with Crippen molar-refractivity contribution in [3.05, 3.63) is 42.0 Å². The number of carbonyl (C=O) groups is 2. The van der Waals surface area contributed by atoms with E-state index in [4.69, 9.17) is 9.47 Å². The second-order valence-corrected chi connectivity index (χ2v) is 7.81. The molecule has 3 aromatic rings. The third kappa shape index (κ3) is 3.38. The molecule has 0 bridgehead atoms. The molecule has 1 saturated carbocycles. The first kappa shape index (κ1) is 17.0. The summed E-state index contributed by atoms with van der Waals surface area (Å²) in [6.45, 7) is 1.04. The molecule has 7 nitrogen and oxygen atoms in total. The maximum atomic E-state index is 12.5. The number of nitrogens with zero attached hydrogens (tertiary/aromatic N) is 1. The monoisotopic (exact) mass is 395 g/mol. The lowest BCUT2D eigenvalue weighted by atomic mass is 10.2. The highest BCUT2D eigenvalue weighted by Gasteiger charge is 2.29. The number of amides is 2. The average Bonchev–Trinajstić information content (AvgIpc) is 3.48. The van der Waals surface area contributed by atoms with Gasteiger partial charge in [-0.15, -0.1) is 0 Å². The molecular formula is C20H17N3O4S. The summed E-state index contributed by atoms with van der Waals surface area (Å²) >= 11 is 1.38. The Kier molecular flexibility index (Phi) is 4.12. The van der Waals surface area contributed by atoms with Crippen LogP contribution in [0.3, 0.4) is 0 Å². The maximum Gasteiger partial charge on any atom is 0.257 e. The minimum Gasteiger partial charge on any atom is -0.486 e. The van der Waals surface area contributed by atoms with Crippen molar-refractivity contribution in [1.29, 1.82) is 0 Å². The zero-order valence-corrected chi connectivity index (χ0v) is 15.7. The molecule has 2 amide bonds. The normalized spacial score (nSPS) is 15.3. The zero-order chi connectivity index (χ0) is 19.1. The van der Waals surface area contributed by atoms with E-state index < -0.39 is 0 Å². The SMILES string of the molecule is O=C(Nc1nc2cc3c(cc2s1)OCCO3)c1ccc(NC(=O)C2CC2)cc1. The quantitative estimate of drug-likeness (QED) is 0.704. The number of benzene rings is 2. The predicted molar refractivity (Wildman–Crippen MR) is 106 cm³/mol. The molecule has 142 valence electrons. The Hall–Kier alpha value is -3.13. The van der Waals surface area contributed by atoms with Gasteiger partial charge in [-0.1, -0.05) is 11.3 Å². The Labute approximate surface area is 164 Å². The van der Waals surface area contributed by atoms with E-state index in [1.54, 1.807) is 24.3 Å². The second kappa shape index (κ2) is 6.79. The van der Waals surface area contributed by atoms with Crippen LogP contribution in [0.5, 0.6) is 11.5 Å². The van der Waals surface area contributed by atoms with Crippen molar-refractivity contribution in [2.24, 2.45) is 5.92 Å². The maximum absolute atomic E-state index is 12.5. The van der Waals surface area contributed by atoms with Gasteiger partial charge in [0, 0.05) is 29.3 Å². The third-order valence-corrected chi connectivity index (χ3v) is 5.57. The molecule has 0 atom stereocenters. The van der Waals surface area contributed by atoms with Crippen LogP contribution in [0, 0.1) is 5.92 Å². The highest BCUT2D eigenvalue weighted by molar-refractivity contribution is 7.22. The number of hydrogen-bond acceptors (Lipinski definition) is 6. The van der Waals surface area contributed by atoms with Crippen molar-refractivity contribution >= 4 is 44.2 Å². The Bertz CT molecular complexity index is 1030. The summed E-state index contributed by atoms with van der Waals surface area (Å²) in [5.74, 6) is 1.30. The predicted octanol–water partition coefficient (Wildman–Crippen LogP) is 3.67. The van der Waals surface area contributed by atoms with E-state index >= 15 is 0 Å². The van der Waals surface area contributed by atoms with E-state index in [1.807, 2.05) is 12.1 Å². The van der Waals surface area contributed by atoms with Gasteiger partial charge in [-0.05, 0) is 37.1 Å². The number of ether oxygens (including phenoxy) is 2. The Balaban J connectivity index is 1.30. The molecule has 0 saturated heterocycles. The number of carbonyl (C=O) groups excluding carboxylic acids is 2. The molecule has 0 unspecified atom stereocenters. The van der Waals surface area contributed by atoms with Crippen LogP contribution >= 0.6 is 11.3 Å². The van der Waals surface area contributed by atoms with Gasteiger partial charge in [0.2, 0.25) is 5.91 Å². The zero-order valence-electron chi connectivity index (χ0n) is 14.9. The van der Waals surface area contributed by atoms with Crippen LogP contribution in [-0.2, 0) is 4.79 Å². The van der Waals surface area contributed by atoms with Crippen LogP contribution in [0.15, 0.2) is 36.4 Å². The summed E-state index contributed by atoms with van der Waals surface area (Å²) in [5, 5.41) is 6.19. The van der Waals surface area contributed by atoms with Crippen molar-refractivity contribution in [3.63, 3.8) is 0 Å². The average molecular weight is 395 g/mol. The highest BCUT2D eigenvalue weighted by Crippen LogP contribution is 2.38. The van der Waals surface area contributed by atoms with Crippen LogP contribution in [0.25, 0.3) is 10.2 Å². The minimum atomic E-state index is -0.253. The van der Waals surface area contributed by atoms with Crippen LogP contribution in [0.2, 0.25) is 0 Å². The Morgan fingerprint density at radius 3 is 2.43 bits per heavy atom. The first-order valence-corrected chi connectivity index (χ1v) is 9.90. The molecule has 1 fully saturated rings. The number of aromatic nitrogens is 1. The summed E-state index contributed by atoms with van der Waals surface area (Å²) in [6, 6.07) is 10.5. The van der Waals surface area contributed by atoms with Gasteiger partial charge >= 0.3 is 0 Å². The third-order valence-electron chi connectivity index (χ3n) is 4.64. The summed E-state index contributed by atoms with van der Waals surface area (Å²) in [7, 11) is 0. The number of nitrogens with one attached hydrogen (secondary N) is 2. The van der Waals surface area contributed by atoms with Gasteiger partial charge in [0.15, 0.2) is 16.6 Å². The fourth-order valence-electron chi connectivity index (χ4n) is 2.98. The van der Waals surface area contributed by atoms with Crippen LogP contribution in [-0.4, -0.2) is 30.0 Å².